The van der Waals surface area contributed by atoms with Gasteiger partial charge in [0.2, 0.25) is 5.91 Å². The molecule has 0 bridgehead atoms. The lowest BCUT2D eigenvalue weighted by atomic mass is 9.99. The Morgan fingerprint density at radius 1 is 1.47 bits per heavy atom. The maximum absolute atomic E-state index is 11.7. The molecule has 1 fully saturated rings. The largest absolute Gasteiger partial charge is 0.339 e. The molecule has 1 amide bonds. The van der Waals surface area contributed by atoms with E-state index in [0.29, 0.717) is 5.92 Å². The van der Waals surface area contributed by atoms with Gasteiger partial charge in [0, 0.05) is 25.0 Å². The number of hydrogen-bond acceptors (Lipinski definition) is 3. The van der Waals surface area contributed by atoms with Gasteiger partial charge in [-0.3, -0.25) is 4.79 Å². The molecule has 3 nitrogen and oxygen atoms in total. The summed E-state index contributed by atoms with van der Waals surface area (Å²) in [5.74, 6) is 1.95. The number of hydrogen-bond donors (Lipinski definition) is 0. The SMILES string of the molecule is C/C=C/C(=O)N1CCC(CSc2ccccn2)CC1. The van der Waals surface area contributed by atoms with Crippen LogP contribution in [0, 0.1) is 5.92 Å². The zero-order valence-electron chi connectivity index (χ0n) is 11.3. The first kappa shape index (κ1) is 14.1. The van der Waals surface area contributed by atoms with Crippen molar-refractivity contribution in [3.63, 3.8) is 0 Å². The molecule has 1 aromatic heterocycles. The predicted octanol–water partition coefficient (Wildman–Crippen LogP) is 2.99. The summed E-state index contributed by atoms with van der Waals surface area (Å²) in [6.45, 7) is 3.65. The molecule has 0 aliphatic carbocycles. The third kappa shape index (κ3) is 4.39. The molecule has 0 radical (unpaired) electrons. The van der Waals surface area contributed by atoms with Gasteiger partial charge in [-0.2, -0.15) is 0 Å². The summed E-state index contributed by atoms with van der Waals surface area (Å²) in [5.41, 5.74) is 0. The number of carbonyl (C=O) groups is 1. The molecule has 1 aromatic rings. The molecular weight excluding hydrogens is 256 g/mol. The molecule has 1 aliphatic heterocycles. The van der Waals surface area contributed by atoms with E-state index in [1.54, 1.807) is 6.08 Å². The lowest BCUT2D eigenvalue weighted by molar-refractivity contribution is -0.127. The van der Waals surface area contributed by atoms with Gasteiger partial charge in [-0.1, -0.05) is 12.1 Å². The van der Waals surface area contributed by atoms with E-state index in [-0.39, 0.29) is 5.91 Å². The second-order valence-electron chi connectivity index (χ2n) is 4.75. The first-order chi connectivity index (χ1) is 9.29. The Morgan fingerprint density at radius 2 is 2.26 bits per heavy atom. The number of likely N-dealkylation sites (tertiary alicyclic amines) is 1. The molecular formula is C15H20N2OS. The van der Waals surface area contributed by atoms with E-state index < -0.39 is 0 Å². The summed E-state index contributed by atoms with van der Waals surface area (Å²) in [6, 6.07) is 6.01. The maximum atomic E-state index is 11.7. The van der Waals surface area contributed by atoms with Crippen LogP contribution in [0.25, 0.3) is 0 Å². The number of carbonyl (C=O) groups excluding carboxylic acids is 1. The number of allylic oxidation sites excluding steroid dienone is 1. The summed E-state index contributed by atoms with van der Waals surface area (Å²) in [7, 11) is 0. The van der Waals surface area contributed by atoms with Crippen molar-refractivity contribution in [2.24, 2.45) is 5.92 Å². The summed E-state index contributed by atoms with van der Waals surface area (Å²) in [5, 5.41) is 1.09. The Morgan fingerprint density at radius 3 is 2.89 bits per heavy atom. The Labute approximate surface area is 119 Å². The molecule has 0 N–H and O–H groups in total. The molecule has 2 rings (SSSR count). The molecule has 1 aliphatic rings. The monoisotopic (exact) mass is 276 g/mol. The minimum Gasteiger partial charge on any atom is -0.339 e. The summed E-state index contributed by atoms with van der Waals surface area (Å²) in [4.78, 5) is 18.0. The molecule has 0 saturated carbocycles. The van der Waals surface area contributed by atoms with Gasteiger partial charge in [0.25, 0.3) is 0 Å². The normalized spacial score (nSPS) is 17.0. The highest BCUT2D eigenvalue weighted by molar-refractivity contribution is 7.99. The zero-order valence-corrected chi connectivity index (χ0v) is 12.1. The number of thioether (sulfide) groups is 1. The summed E-state index contributed by atoms with van der Waals surface area (Å²) in [6.07, 6.45) is 7.50. The maximum Gasteiger partial charge on any atom is 0.246 e. The third-order valence-electron chi connectivity index (χ3n) is 3.34. The van der Waals surface area contributed by atoms with Crippen LogP contribution < -0.4 is 0 Å². The van der Waals surface area contributed by atoms with Gasteiger partial charge >= 0.3 is 0 Å². The van der Waals surface area contributed by atoms with Crippen LogP contribution in [0.3, 0.4) is 0 Å². The average molecular weight is 276 g/mol. The Bertz CT molecular complexity index is 425. The van der Waals surface area contributed by atoms with Crippen LogP contribution in [0.4, 0.5) is 0 Å². The minimum absolute atomic E-state index is 0.151. The second kappa shape index (κ2) is 7.34. The van der Waals surface area contributed by atoms with E-state index in [0.717, 1.165) is 36.7 Å². The summed E-state index contributed by atoms with van der Waals surface area (Å²) >= 11 is 1.82. The van der Waals surface area contributed by atoms with Crippen LogP contribution in [0.15, 0.2) is 41.6 Å². The second-order valence-corrected chi connectivity index (χ2v) is 5.79. The highest BCUT2D eigenvalue weighted by Crippen LogP contribution is 2.25. The molecule has 1 saturated heterocycles. The van der Waals surface area contributed by atoms with Crippen LogP contribution in [-0.4, -0.2) is 34.6 Å². The van der Waals surface area contributed by atoms with Crippen molar-refractivity contribution < 1.29 is 4.79 Å². The lowest BCUT2D eigenvalue weighted by Crippen LogP contribution is -2.38. The number of aromatic nitrogens is 1. The van der Waals surface area contributed by atoms with Crippen molar-refractivity contribution in [3.8, 4) is 0 Å². The van der Waals surface area contributed by atoms with Crippen molar-refractivity contribution in [2.45, 2.75) is 24.8 Å². The number of pyridine rings is 1. The van der Waals surface area contributed by atoms with Crippen LogP contribution in [0.5, 0.6) is 0 Å². The molecule has 102 valence electrons. The number of rotatable bonds is 4. The standard InChI is InChI=1S/C15H20N2OS/c1-2-5-15(18)17-10-7-13(8-11-17)12-19-14-6-3-4-9-16-14/h2-6,9,13H,7-8,10-12H2,1H3/b5-2+. The topological polar surface area (TPSA) is 33.2 Å². The number of amides is 1. The molecule has 0 spiro atoms. The molecule has 0 unspecified atom stereocenters. The van der Waals surface area contributed by atoms with Gasteiger partial charge in [0.05, 0.1) is 5.03 Å². The highest BCUT2D eigenvalue weighted by atomic mass is 32.2. The first-order valence-corrected chi connectivity index (χ1v) is 7.73. The molecule has 2 heterocycles. The predicted molar refractivity (Wildman–Crippen MR) is 79.1 cm³/mol. The van der Waals surface area contributed by atoms with Crippen molar-refractivity contribution in [3.05, 3.63) is 36.5 Å². The van der Waals surface area contributed by atoms with E-state index in [1.165, 1.54) is 0 Å². The molecule has 0 atom stereocenters. The fourth-order valence-electron chi connectivity index (χ4n) is 2.20. The van der Waals surface area contributed by atoms with Crippen molar-refractivity contribution in [1.29, 1.82) is 0 Å². The van der Waals surface area contributed by atoms with E-state index >= 15 is 0 Å². The fourth-order valence-corrected chi connectivity index (χ4v) is 3.25. The van der Waals surface area contributed by atoms with Gasteiger partial charge in [-0.05, 0) is 43.9 Å². The Kier molecular flexibility index (Phi) is 5.45. The van der Waals surface area contributed by atoms with Crippen molar-refractivity contribution >= 4 is 17.7 Å². The van der Waals surface area contributed by atoms with E-state index in [1.807, 2.05) is 48.0 Å². The zero-order chi connectivity index (χ0) is 13.5. The molecule has 0 aromatic carbocycles. The first-order valence-electron chi connectivity index (χ1n) is 6.75. The van der Waals surface area contributed by atoms with Crippen LogP contribution in [0.1, 0.15) is 19.8 Å². The van der Waals surface area contributed by atoms with Crippen molar-refractivity contribution in [1.82, 2.24) is 9.88 Å². The highest BCUT2D eigenvalue weighted by Gasteiger charge is 2.21. The van der Waals surface area contributed by atoms with Crippen LogP contribution in [-0.2, 0) is 4.79 Å². The van der Waals surface area contributed by atoms with Gasteiger partial charge in [-0.25, -0.2) is 4.98 Å². The van der Waals surface area contributed by atoms with Gasteiger partial charge < -0.3 is 4.90 Å². The quantitative estimate of drug-likeness (QED) is 0.626. The van der Waals surface area contributed by atoms with Gasteiger partial charge in [0.15, 0.2) is 0 Å². The minimum atomic E-state index is 0.151. The van der Waals surface area contributed by atoms with Crippen molar-refractivity contribution in [2.75, 3.05) is 18.8 Å². The molecule has 19 heavy (non-hydrogen) atoms. The number of piperidine rings is 1. The smallest absolute Gasteiger partial charge is 0.246 e. The van der Waals surface area contributed by atoms with E-state index in [2.05, 4.69) is 11.1 Å². The Hall–Kier alpha value is -1.29. The summed E-state index contributed by atoms with van der Waals surface area (Å²) < 4.78 is 0. The van der Waals surface area contributed by atoms with Gasteiger partial charge in [-0.15, -0.1) is 11.8 Å². The fraction of sp³-hybridized carbons (Fsp3) is 0.467. The lowest BCUT2D eigenvalue weighted by Gasteiger charge is -2.31. The van der Waals surface area contributed by atoms with E-state index in [9.17, 15) is 4.79 Å². The van der Waals surface area contributed by atoms with Crippen LogP contribution >= 0.6 is 11.8 Å². The van der Waals surface area contributed by atoms with Crippen LogP contribution in [0.2, 0.25) is 0 Å². The third-order valence-corrected chi connectivity index (χ3v) is 4.52. The van der Waals surface area contributed by atoms with E-state index in [4.69, 9.17) is 0 Å². The molecule has 4 heteroatoms. The van der Waals surface area contributed by atoms with Gasteiger partial charge in [0.1, 0.15) is 0 Å². The Balaban J connectivity index is 1.73. The average Bonchev–Trinajstić information content (AvgIpc) is 2.47. The number of nitrogens with zero attached hydrogens (tertiary/aromatic N) is 2.